The lowest BCUT2D eigenvalue weighted by Crippen LogP contribution is -2.28. The average molecular weight is 216 g/mol. The Bertz CT molecular complexity index is 169. The van der Waals surface area contributed by atoms with E-state index in [1.807, 2.05) is 20.8 Å². The highest BCUT2D eigenvalue weighted by Gasteiger charge is 2.05. The maximum Gasteiger partial charge on any atom is 0.269 e. The minimum Gasteiger partial charge on any atom is -0.274 e. The summed E-state index contributed by atoms with van der Waals surface area (Å²) in [5.74, 6) is 0.138. The quantitative estimate of drug-likeness (QED) is 0.521. The second-order valence-electron chi connectivity index (χ2n) is 3.39. The van der Waals surface area contributed by atoms with Gasteiger partial charge < -0.3 is 0 Å². The normalized spacial score (nSPS) is 9.20. The van der Waals surface area contributed by atoms with Crippen LogP contribution in [0.4, 0.5) is 0 Å². The standard InChI is InChI=1S/C7H13NO2.C4H9O/c1-4-6-8(10-3)7(9)5-2;1-4(2)3-5/h5H,2,4,6H2,1,3H3;4H,3H2,1-2H3. The number of nitrogens with zero attached hydrogens (tertiary/aromatic N) is 1. The molecule has 0 saturated carbocycles. The number of carbonyl (C=O) groups excluding carboxylic acids is 1. The second-order valence-corrected chi connectivity index (χ2v) is 3.39. The second kappa shape index (κ2) is 11.2. The molecule has 0 aromatic rings. The van der Waals surface area contributed by atoms with Gasteiger partial charge in [0.15, 0.2) is 0 Å². The zero-order valence-corrected chi connectivity index (χ0v) is 10.2. The Kier molecular flexibility index (Phi) is 12.4. The Labute approximate surface area is 92.5 Å². The number of hydrogen-bond acceptors (Lipinski definition) is 2. The van der Waals surface area contributed by atoms with Gasteiger partial charge in [-0.2, -0.15) is 0 Å². The molecule has 1 radical (unpaired) electrons. The first-order valence-electron chi connectivity index (χ1n) is 5.09. The van der Waals surface area contributed by atoms with Crippen molar-refractivity contribution in [1.82, 2.24) is 5.06 Å². The van der Waals surface area contributed by atoms with E-state index >= 15 is 0 Å². The number of hydroxylamine groups is 2. The van der Waals surface area contributed by atoms with Gasteiger partial charge in [0, 0.05) is 6.54 Å². The Morgan fingerprint density at radius 2 is 2.00 bits per heavy atom. The molecule has 0 N–H and O–H groups in total. The Balaban J connectivity index is 0. The summed E-state index contributed by atoms with van der Waals surface area (Å²) in [6, 6.07) is 0. The van der Waals surface area contributed by atoms with Gasteiger partial charge in [0.05, 0.1) is 13.7 Å². The molecule has 0 heterocycles. The summed E-state index contributed by atoms with van der Waals surface area (Å²) in [5, 5.41) is 10.9. The fraction of sp³-hybridized carbons (Fsp3) is 0.727. The van der Waals surface area contributed by atoms with Crippen LogP contribution in [0.5, 0.6) is 0 Å². The molecular formula is C11H22NO3. The van der Waals surface area contributed by atoms with Gasteiger partial charge >= 0.3 is 0 Å². The van der Waals surface area contributed by atoms with Crippen LogP contribution in [0.1, 0.15) is 27.2 Å². The van der Waals surface area contributed by atoms with Crippen LogP contribution in [-0.4, -0.2) is 31.2 Å². The predicted octanol–water partition coefficient (Wildman–Crippen LogP) is 2.05. The predicted molar refractivity (Wildman–Crippen MR) is 59.6 cm³/mol. The van der Waals surface area contributed by atoms with Crippen LogP contribution < -0.4 is 0 Å². The summed E-state index contributed by atoms with van der Waals surface area (Å²) >= 11 is 0. The molecular weight excluding hydrogens is 194 g/mol. The molecule has 4 heteroatoms. The van der Waals surface area contributed by atoms with E-state index in [0.717, 1.165) is 6.42 Å². The van der Waals surface area contributed by atoms with Gasteiger partial charge in [0.1, 0.15) is 0 Å². The van der Waals surface area contributed by atoms with Crippen molar-refractivity contribution in [2.45, 2.75) is 27.2 Å². The van der Waals surface area contributed by atoms with E-state index in [1.54, 1.807) is 0 Å². The van der Waals surface area contributed by atoms with Crippen LogP contribution in [0.15, 0.2) is 12.7 Å². The topological polar surface area (TPSA) is 49.4 Å². The van der Waals surface area contributed by atoms with E-state index in [-0.39, 0.29) is 12.5 Å². The molecule has 0 aliphatic rings. The van der Waals surface area contributed by atoms with Gasteiger partial charge in [0.25, 0.3) is 5.91 Å². The molecule has 0 spiro atoms. The van der Waals surface area contributed by atoms with Crippen LogP contribution in [0.2, 0.25) is 0 Å². The molecule has 0 aliphatic carbocycles. The summed E-state index contributed by atoms with van der Waals surface area (Å²) in [6.45, 7) is 9.80. The summed E-state index contributed by atoms with van der Waals surface area (Å²) in [7, 11) is 1.47. The molecule has 0 aliphatic heterocycles. The Hall–Kier alpha value is -0.870. The molecule has 0 bridgehead atoms. The largest absolute Gasteiger partial charge is 0.274 e. The van der Waals surface area contributed by atoms with Gasteiger partial charge in [-0.3, -0.25) is 9.63 Å². The van der Waals surface area contributed by atoms with Gasteiger partial charge in [-0.05, 0) is 18.4 Å². The van der Waals surface area contributed by atoms with Crippen LogP contribution in [0.25, 0.3) is 0 Å². The fourth-order valence-corrected chi connectivity index (χ4v) is 0.596. The summed E-state index contributed by atoms with van der Waals surface area (Å²) < 4.78 is 0. The SMILES string of the molecule is C=CC(=O)N(CCC)OC.CC(C)C[O]. The third kappa shape index (κ3) is 11.1. The molecule has 0 aromatic carbocycles. The monoisotopic (exact) mass is 216 g/mol. The molecule has 4 nitrogen and oxygen atoms in total. The van der Waals surface area contributed by atoms with Gasteiger partial charge in [0.2, 0.25) is 0 Å². The molecule has 0 unspecified atom stereocenters. The first-order valence-corrected chi connectivity index (χ1v) is 5.09. The van der Waals surface area contributed by atoms with E-state index in [4.69, 9.17) is 4.84 Å². The molecule has 0 rings (SSSR count). The molecule has 0 atom stereocenters. The van der Waals surface area contributed by atoms with Crippen molar-refractivity contribution < 1.29 is 14.7 Å². The zero-order valence-electron chi connectivity index (χ0n) is 10.2. The number of hydrogen-bond donors (Lipinski definition) is 0. The van der Waals surface area contributed by atoms with E-state index in [2.05, 4.69) is 6.58 Å². The number of rotatable bonds is 5. The lowest BCUT2D eigenvalue weighted by molar-refractivity contribution is -0.170. The van der Waals surface area contributed by atoms with Gasteiger partial charge in [-0.25, -0.2) is 10.2 Å². The third-order valence-electron chi connectivity index (χ3n) is 1.40. The van der Waals surface area contributed by atoms with Crippen LogP contribution in [-0.2, 0) is 14.7 Å². The molecule has 0 aromatic heterocycles. The Morgan fingerprint density at radius 3 is 2.20 bits per heavy atom. The smallest absolute Gasteiger partial charge is 0.269 e. The highest BCUT2D eigenvalue weighted by Crippen LogP contribution is 1.92. The summed E-state index contributed by atoms with van der Waals surface area (Å²) in [4.78, 5) is 15.6. The number of amides is 1. The number of carbonyl (C=O) groups is 1. The fourth-order valence-electron chi connectivity index (χ4n) is 0.596. The molecule has 15 heavy (non-hydrogen) atoms. The minimum atomic E-state index is -0.190. The van der Waals surface area contributed by atoms with Gasteiger partial charge in [-0.15, -0.1) is 0 Å². The molecule has 0 saturated heterocycles. The first-order chi connectivity index (χ1) is 7.03. The summed E-state index contributed by atoms with van der Waals surface area (Å²) in [6.07, 6.45) is 2.12. The van der Waals surface area contributed by atoms with Crippen LogP contribution in [0, 0.1) is 5.92 Å². The first kappa shape index (κ1) is 16.6. The maximum absolute atomic E-state index is 10.8. The van der Waals surface area contributed by atoms with Gasteiger partial charge in [-0.1, -0.05) is 27.4 Å². The van der Waals surface area contributed by atoms with Crippen molar-refractivity contribution in [3.8, 4) is 0 Å². The highest BCUT2D eigenvalue weighted by molar-refractivity contribution is 5.86. The van der Waals surface area contributed by atoms with E-state index < -0.39 is 0 Å². The summed E-state index contributed by atoms with van der Waals surface area (Å²) in [5.41, 5.74) is 0. The third-order valence-corrected chi connectivity index (χ3v) is 1.40. The zero-order chi connectivity index (χ0) is 12.3. The lowest BCUT2D eigenvalue weighted by atomic mass is 10.2. The van der Waals surface area contributed by atoms with Crippen LogP contribution in [0.3, 0.4) is 0 Å². The molecule has 1 amide bonds. The van der Waals surface area contributed by atoms with E-state index in [1.165, 1.54) is 18.2 Å². The highest BCUT2D eigenvalue weighted by atomic mass is 16.7. The van der Waals surface area contributed by atoms with E-state index in [9.17, 15) is 9.90 Å². The molecule has 89 valence electrons. The average Bonchev–Trinajstić information content (AvgIpc) is 2.25. The van der Waals surface area contributed by atoms with Crippen molar-refractivity contribution >= 4 is 5.91 Å². The maximum atomic E-state index is 10.8. The minimum absolute atomic E-state index is 0.0556. The van der Waals surface area contributed by atoms with Crippen molar-refractivity contribution in [3.05, 3.63) is 12.7 Å². The van der Waals surface area contributed by atoms with Crippen molar-refractivity contribution in [1.29, 1.82) is 0 Å². The van der Waals surface area contributed by atoms with Crippen molar-refractivity contribution in [2.75, 3.05) is 20.3 Å². The molecule has 0 fully saturated rings. The van der Waals surface area contributed by atoms with Crippen LogP contribution >= 0.6 is 0 Å². The van der Waals surface area contributed by atoms with Crippen molar-refractivity contribution in [2.24, 2.45) is 5.92 Å². The Morgan fingerprint density at radius 1 is 1.53 bits per heavy atom. The van der Waals surface area contributed by atoms with E-state index in [0.29, 0.717) is 12.5 Å². The lowest BCUT2D eigenvalue weighted by Gasteiger charge is -2.15. The van der Waals surface area contributed by atoms with Crippen molar-refractivity contribution in [3.63, 3.8) is 0 Å².